The Hall–Kier alpha value is -4.91. The Labute approximate surface area is 401 Å². The number of hydrogen-bond acceptors (Lipinski definition) is 14. The zero-order chi connectivity index (χ0) is 47.6. The van der Waals surface area contributed by atoms with Crippen LogP contribution >= 0.6 is 0 Å². The Kier molecular flexibility index (Phi) is 14.3. The quantitative estimate of drug-likeness (QED) is 0.113. The lowest BCUT2D eigenvalue weighted by Crippen LogP contribution is -2.54. The molecule has 3 unspecified atom stereocenters. The van der Waals surface area contributed by atoms with E-state index >= 15 is 0 Å². The largest absolute Gasteiger partial charge is 0.459 e. The van der Waals surface area contributed by atoms with Crippen LogP contribution in [0.2, 0.25) is 0 Å². The molecule has 68 heavy (non-hydrogen) atoms. The third kappa shape index (κ3) is 10.3. The van der Waals surface area contributed by atoms with Crippen LogP contribution in [0.5, 0.6) is 5.75 Å². The number of aliphatic imine (C=N–C) groups is 2. The van der Waals surface area contributed by atoms with Crippen LogP contribution < -0.4 is 25.0 Å². The number of fused-ring (bicyclic) bond motifs is 1. The summed E-state index contributed by atoms with van der Waals surface area (Å²) in [4.78, 5) is 39.2. The standard InChI is InChI=1S/C50H67N9O7S2/c1-4-35-10-7-8-11-42(35)44-12-9-23-58(44)39-29-50(30-39)20-24-57(25-21-50)38-17-18-43(46(27-38)66-40-26-36-19-22-51-47(36)53-32-40)49(60)56-68(64,65)41-28-45(59(61)62)48(54-33-41)52-31-34-13-15-37(16-14-34)55-67(63,5-2)6-3/h7-8,10-11,17-19,22,27-28,32-34,36-37,39,44-45,48,52H,4-6,9,12-16,20-21,23-26,29-31H2,1-3H3,(H,51,53)(H,56,60)/t34?,36?,37?,44-,45?,48?/m1/s1. The van der Waals surface area contributed by atoms with Crippen molar-refractivity contribution in [1.82, 2.24) is 20.3 Å². The van der Waals surface area contributed by atoms with Gasteiger partial charge in [0.05, 0.1) is 17.8 Å². The summed E-state index contributed by atoms with van der Waals surface area (Å²) in [5.41, 5.74) is 4.15. The molecule has 0 aromatic heterocycles. The molecule has 4 atom stereocenters. The summed E-state index contributed by atoms with van der Waals surface area (Å²) in [6, 6.07) is 13.8. The molecule has 1 spiro atoms. The smallest absolute Gasteiger partial charge is 0.268 e. The number of piperidine rings is 1. The van der Waals surface area contributed by atoms with Gasteiger partial charge in [0, 0.05) is 94.3 Å². The number of nitrogens with one attached hydrogen (secondary N) is 3. The highest BCUT2D eigenvalue weighted by Gasteiger charge is 2.50. The summed E-state index contributed by atoms with van der Waals surface area (Å²) in [6.45, 7) is 9.36. The van der Waals surface area contributed by atoms with Crippen LogP contribution in [0, 0.1) is 27.4 Å². The fourth-order valence-corrected chi connectivity index (χ4v) is 14.0. The lowest BCUT2D eigenvalue weighted by molar-refractivity contribution is -0.513. The number of hydrogen-bond donors (Lipinski definition) is 3. The zero-order valence-corrected chi connectivity index (χ0v) is 41.2. The van der Waals surface area contributed by atoms with E-state index in [9.17, 15) is 27.5 Å². The third-order valence-corrected chi connectivity index (χ3v) is 19.5. The number of sulfonamides is 1. The van der Waals surface area contributed by atoms with Crippen molar-refractivity contribution >= 4 is 43.4 Å². The molecule has 0 radical (unpaired) electrons. The second-order valence-corrected chi connectivity index (χ2v) is 24.3. The highest BCUT2D eigenvalue weighted by atomic mass is 32.2. The topological polar surface area (TPSA) is 200 Å². The molecule has 2 saturated carbocycles. The maximum absolute atomic E-state index is 14.1. The Balaban J connectivity index is 0.851. The molecule has 2 saturated heterocycles. The van der Waals surface area contributed by atoms with Gasteiger partial charge in [-0.05, 0) is 118 Å². The maximum Gasteiger partial charge on any atom is 0.268 e. The van der Waals surface area contributed by atoms with Gasteiger partial charge in [0.15, 0.2) is 6.17 Å². The first-order valence-electron chi connectivity index (χ1n) is 24.8. The Morgan fingerprint density at radius 2 is 1.78 bits per heavy atom. The Morgan fingerprint density at radius 1 is 1.01 bits per heavy atom. The second kappa shape index (κ2) is 20.2. The molecule has 2 aromatic carbocycles. The van der Waals surface area contributed by atoms with Crippen molar-refractivity contribution in [1.29, 1.82) is 0 Å². The van der Waals surface area contributed by atoms with Gasteiger partial charge in [0.2, 0.25) is 0 Å². The van der Waals surface area contributed by atoms with E-state index in [1.165, 1.54) is 36.8 Å². The van der Waals surface area contributed by atoms with E-state index in [0.29, 0.717) is 47.7 Å². The fourth-order valence-electron chi connectivity index (χ4n) is 11.6. The summed E-state index contributed by atoms with van der Waals surface area (Å²) >= 11 is 0. The number of benzene rings is 2. The molecular weight excluding hydrogens is 903 g/mol. The minimum atomic E-state index is -4.59. The van der Waals surface area contributed by atoms with Crippen LogP contribution in [0.3, 0.4) is 0 Å². The van der Waals surface area contributed by atoms with E-state index in [4.69, 9.17) is 4.74 Å². The zero-order valence-electron chi connectivity index (χ0n) is 39.6. The van der Waals surface area contributed by atoms with Gasteiger partial charge >= 0.3 is 0 Å². The molecule has 9 rings (SSSR count). The molecule has 3 N–H and O–H groups in total. The molecule has 2 aromatic rings. The molecular formula is C50H67N9O7S2. The van der Waals surface area contributed by atoms with Gasteiger partial charge in [-0.2, -0.15) is 0 Å². The molecule has 5 heterocycles. The van der Waals surface area contributed by atoms with E-state index in [2.05, 4.69) is 70.7 Å². The van der Waals surface area contributed by atoms with Crippen molar-refractivity contribution in [3.8, 4) is 5.75 Å². The molecule has 18 heteroatoms. The van der Waals surface area contributed by atoms with Crippen molar-refractivity contribution in [2.24, 2.45) is 31.6 Å². The molecule has 2 aliphatic carbocycles. The highest BCUT2D eigenvalue weighted by molar-refractivity contribution is 7.94. The molecule has 16 nitrogen and oxygen atoms in total. The lowest BCUT2D eigenvalue weighted by atomic mass is 9.59. The van der Waals surface area contributed by atoms with Gasteiger partial charge in [0.25, 0.3) is 22.0 Å². The van der Waals surface area contributed by atoms with Crippen molar-refractivity contribution in [3.05, 3.63) is 104 Å². The number of carbonyl (C=O) groups is 1. The van der Waals surface area contributed by atoms with Gasteiger partial charge in [0.1, 0.15) is 22.2 Å². The maximum atomic E-state index is 14.1. The first kappa shape index (κ1) is 48.1. The number of carbonyl (C=O) groups excluding carboxylic acids is 1. The summed E-state index contributed by atoms with van der Waals surface area (Å²) in [5.74, 6) is 1.87. The number of likely N-dealkylation sites (tertiary alicyclic amines) is 1. The Bertz CT molecular complexity index is 2620. The first-order chi connectivity index (χ1) is 32.8. The lowest BCUT2D eigenvalue weighted by Gasteiger charge is -2.56. The minimum absolute atomic E-state index is 0.00111. The van der Waals surface area contributed by atoms with E-state index in [1.54, 1.807) is 12.3 Å². The van der Waals surface area contributed by atoms with Gasteiger partial charge in [-0.3, -0.25) is 30.1 Å². The van der Waals surface area contributed by atoms with Crippen molar-refractivity contribution in [2.45, 2.75) is 128 Å². The van der Waals surface area contributed by atoms with Crippen LogP contribution in [0.15, 0.2) is 92.0 Å². The number of nitro groups is 1. The number of aryl methyl sites for hydroxylation is 1. The van der Waals surface area contributed by atoms with Crippen LogP contribution in [0.4, 0.5) is 5.69 Å². The van der Waals surface area contributed by atoms with Crippen LogP contribution in [-0.4, -0.2) is 102 Å². The number of allylic oxidation sites excluding steroid dienone is 2. The Morgan fingerprint density at radius 3 is 2.51 bits per heavy atom. The molecule has 0 bridgehead atoms. The predicted molar refractivity (Wildman–Crippen MR) is 267 cm³/mol. The fraction of sp³-hybridized carbons (Fsp3) is 0.580. The second-order valence-electron chi connectivity index (χ2n) is 19.7. The van der Waals surface area contributed by atoms with Crippen LogP contribution in [0.1, 0.15) is 119 Å². The van der Waals surface area contributed by atoms with Crippen molar-refractivity contribution in [2.75, 3.05) is 42.6 Å². The SMILES string of the molecule is CCc1ccccc1[C@H]1CCCN1C1CC2(CCN(c3ccc(C(=O)NS(=O)(=O)C4=CC([N+](=O)[O-])C(NCC5CCC(N=S(=O)(CC)CC)CC5)N=C4)c(OC4=CN=C5NC=CC5C4)c3)CC2)C1. The van der Waals surface area contributed by atoms with E-state index in [-0.39, 0.29) is 29.2 Å². The number of dihydropyridines is 1. The summed E-state index contributed by atoms with van der Waals surface area (Å²) in [7, 11) is -6.78. The van der Waals surface area contributed by atoms with Crippen molar-refractivity contribution in [3.63, 3.8) is 0 Å². The third-order valence-electron chi connectivity index (χ3n) is 15.7. The molecule has 1 amide bonds. The average molecular weight is 970 g/mol. The highest BCUT2D eigenvalue weighted by Crippen LogP contribution is 2.54. The van der Waals surface area contributed by atoms with Gasteiger partial charge in [-0.1, -0.05) is 51.1 Å². The summed E-state index contributed by atoms with van der Waals surface area (Å²) in [5, 5.41) is 18.6. The van der Waals surface area contributed by atoms with Gasteiger partial charge < -0.3 is 15.0 Å². The van der Waals surface area contributed by atoms with E-state index in [0.717, 1.165) is 88.4 Å². The molecule has 4 fully saturated rings. The van der Waals surface area contributed by atoms with Gasteiger partial charge in [-0.25, -0.2) is 26.7 Å². The van der Waals surface area contributed by atoms with E-state index in [1.807, 2.05) is 38.3 Å². The summed E-state index contributed by atoms with van der Waals surface area (Å²) < 4.78 is 53.8. The number of anilines is 1. The molecule has 5 aliphatic heterocycles. The van der Waals surface area contributed by atoms with Gasteiger partial charge in [-0.15, -0.1) is 0 Å². The average Bonchev–Trinajstić information content (AvgIpc) is 4.03. The number of nitrogens with zero attached hydrogens (tertiary/aromatic N) is 6. The first-order valence-corrected chi connectivity index (χ1v) is 28.1. The number of rotatable bonds is 16. The van der Waals surface area contributed by atoms with Crippen LogP contribution in [-0.2, 0) is 26.2 Å². The number of amidine groups is 1. The normalized spacial score (nSPS) is 27.1. The van der Waals surface area contributed by atoms with Crippen molar-refractivity contribution < 1.29 is 27.1 Å². The number of ether oxygens (including phenoxy) is 1. The molecule has 366 valence electrons. The number of amides is 1. The van der Waals surface area contributed by atoms with E-state index < -0.39 is 47.7 Å². The minimum Gasteiger partial charge on any atom is -0.459 e. The summed E-state index contributed by atoms with van der Waals surface area (Å²) in [6.07, 6.45) is 18.3. The predicted octanol–water partition coefficient (Wildman–Crippen LogP) is 7.25. The van der Waals surface area contributed by atoms with Crippen LogP contribution in [0.25, 0.3) is 0 Å². The monoisotopic (exact) mass is 969 g/mol. The molecule has 7 aliphatic rings.